The molecule has 3 aromatic rings. The van der Waals surface area contributed by atoms with Gasteiger partial charge in [-0.15, -0.1) is 0 Å². The molecule has 0 aliphatic carbocycles. The minimum atomic E-state index is -4.81. The molecule has 1 aliphatic heterocycles. The highest BCUT2D eigenvalue weighted by molar-refractivity contribution is 5.60. The number of aryl methyl sites for hydroxylation is 2. The van der Waals surface area contributed by atoms with E-state index in [1.807, 2.05) is 26.8 Å². The van der Waals surface area contributed by atoms with Crippen LogP contribution in [-0.2, 0) is 44.6 Å². The van der Waals surface area contributed by atoms with Crippen LogP contribution in [0.1, 0.15) is 99.3 Å². The van der Waals surface area contributed by atoms with E-state index >= 15 is 0 Å². The zero-order valence-electron chi connectivity index (χ0n) is 27.5. The number of alkyl halides is 3. The summed E-state index contributed by atoms with van der Waals surface area (Å²) in [6, 6.07) is 2.01. The predicted molar refractivity (Wildman–Crippen MR) is 165 cm³/mol. The van der Waals surface area contributed by atoms with E-state index in [1.54, 1.807) is 39.4 Å². The van der Waals surface area contributed by atoms with Gasteiger partial charge in [0.15, 0.2) is 5.69 Å². The van der Waals surface area contributed by atoms with Gasteiger partial charge in [0, 0.05) is 62.9 Å². The highest BCUT2D eigenvalue weighted by Crippen LogP contribution is 2.39. The molecule has 0 aromatic carbocycles. The third-order valence-electron chi connectivity index (χ3n) is 9.03. The molecular formula is C32H43F3N6O3. The number of pyridine rings is 1. The third kappa shape index (κ3) is 5.40. The molecule has 0 spiro atoms. The molecule has 0 atom stereocenters. The maximum absolute atomic E-state index is 14.0. The van der Waals surface area contributed by atoms with Crippen molar-refractivity contribution in [1.82, 2.24) is 23.7 Å². The lowest BCUT2D eigenvalue weighted by molar-refractivity contribution is -0.142. The van der Waals surface area contributed by atoms with Crippen molar-refractivity contribution in [3.05, 3.63) is 82.5 Å². The van der Waals surface area contributed by atoms with E-state index < -0.39 is 45.3 Å². The van der Waals surface area contributed by atoms with Crippen LogP contribution in [0.3, 0.4) is 0 Å². The van der Waals surface area contributed by atoms with E-state index in [1.165, 1.54) is 25.5 Å². The average molecular weight is 617 g/mol. The fourth-order valence-corrected chi connectivity index (χ4v) is 6.44. The molecule has 1 saturated heterocycles. The molecule has 1 aliphatic rings. The molecular weight excluding hydrogens is 573 g/mol. The van der Waals surface area contributed by atoms with E-state index in [0.29, 0.717) is 17.0 Å². The van der Waals surface area contributed by atoms with Gasteiger partial charge in [0.05, 0.1) is 22.5 Å². The second kappa shape index (κ2) is 11.0. The lowest BCUT2D eigenvalue weighted by Crippen LogP contribution is -2.45. The Balaban J connectivity index is 1.87. The lowest BCUT2D eigenvalue weighted by atomic mass is 9.78. The first kappa shape index (κ1) is 33.2. The second-order valence-corrected chi connectivity index (χ2v) is 13.5. The van der Waals surface area contributed by atoms with Crippen LogP contribution in [0.15, 0.2) is 20.4 Å². The van der Waals surface area contributed by atoms with E-state index in [-0.39, 0.29) is 23.5 Å². The van der Waals surface area contributed by atoms with Crippen molar-refractivity contribution in [3.63, 3.8) is 0 Å². The van der Waals surface area contributed by atoms with Crippen LogP contribution in [0.4, 0.5) is 18.9 Å². The molecule has 4 heterocycles. The Kier molecular flexibility index (Phi) is 8.32. The van der Waals surface area contributed by atoms with Gasteiger partial charge in [-0.2, -0.15) is 13.2 Å². The summed E-state index contributed by atoms with van der Waals surface area (Å²) >= 11 is 0. The van der Waals surface area contributed by atoms with Gasteiger partial charge in [0.25, 0.3) is 16.7 Å². The summed E-state index contributed by atoms with van der Waals surface area (Å²) in [7, 11) is 4.75. The molecule has 240 valence electrons. The van der Waals surface area contributed by atoms with Gasteiger partial charge in [0.1, 0.15) is 11.5 Å². The summed E-state index contributed by atoms with van der Waals surface area (Å²) in [6.07, 6.45) is -3.92. The van der Waals surface area contributed by atoms with E-state index in [9.17, 15) is 27.6 Å². The van der Waals surface area contributed by atoms with Crippen LogP contribution in [0, 0.1) is 13.8 Å². The maximum Gasteiger partial charge on any atom is 0.433 e. The molecule has 3 aromatic heterocycles. The van der Waals surface area contributed by atoms with Crippen molar-refractivity contribution in [3.8, 4) is 0 Å². The first-order valence-corrected chi connectivity index (χ1v) is 14.8. The Morgan fingerprint density at radius 3 is 1.93 bits per heavy atom. The minimum Gasteiger partial charge on any atom is -0.371 e. The Morgan fingerprint density at radius 1 is 0.841 bits per heavy atom. The molecule has 0 N–H and O–H groups in total. The van der Waals surface area contributed by atoms with E-state index in [2.05, 4.69) is 9.88 Å². The molecule has 12 heteroatoms. The number of hydrogen-bond acceptors (Lipinski definition) is 6. The molecule has 0 unspecified atom stereocenters. The second-order valence-electron chi connectivity index (χ2n) is 13.5. The summed E-state index contributed by atoms with van der Waals surface area (Å²) < 4.78 is 46.2. The van der Waals surface area contributed by atoms with Gasteiger partial charge in [-0.3, -0.25) is 19.0 Å². The first-order valence-electron chi connectivity index (χ1n) is 14.8. The maximum atomic E-state index is 14.0. The summed E-state index contributed by atoms with van der Waals surface area (Å²) in [5, 5.41) is 0. The van der Waals surface area contributed by atoms with Crippen LogP contribution >= 0.6 is 0 Å². The predicted octanol–water partition coefficient (Wildman–Crippen LogP) is 4.39. The molecule has 1 fully saturated rings. The Bertz CT molecular complexity index is 1810. The van der Waals surface area contributed by atoms with Crippen molar-refractivity contribution in [2.75, 3.05) is 18.0 Å². The van der Waals surface area contributed by atoms with E-state index in [0.717, 1.165) is 35.5 Å². The fourth-order valence-electron chi connectivity index (χ4n) is 6.44. The van der Waals surface area contributed by atoms with Gasteiger partial charge >= 0.3 is 6.18 Å². The van der Waals surface area contributed by atoms with Gasteiger partial charge < -0.3 is 14.0 Å². The van der Waals surface area contributed by atoms with Crippen molar-refractivity contribution in [2.45, 2.75) is 91.2 Å². The molecule has 0 amide bonds. The monoisotopic (exact) mass is 616 g/mol. The molecule has 0 saturated carbocycles. The number of hydrogen-bond donors (Lipinski definition) is 0. The minimum absolute atomic E-state index is 0.0926. The SMILES string of the molecule is Cc1nc(C(C)(C)Cc2nc(C(F)(F)F)c(C(C)C)c(=O)n2C)c(=O)n(C)c1C(C)(C)c1c(N2CCC2)cc(C)n(C)c1=O. The summed E-state index contributed by atoms with van der Waals surface area (Å²) in [5.74, 6) is -0.774. The van der Waals surface area contributed by atoms with Gasteiger partial charge in [-0.05, 0) is 46.1 Å². The average Bonchev–Trinajstić information content (AvgIpc) is 2.85. The fraction of sp³-hybridized carbons (Fsp3) is 0.594. The van der Waals surface area contributed by atoms with Crippen LogP contribution in [0.2, 0.25) is 0 Å². The normalized spacial score (nSPS) is 14.4. The number of rotatable bonds is 7. The molecule has 9 nitrogen and oxygen atoms in total. The number of aromatic nitrogens is 5. The number of anilines is 1. The Morgan fingerprint density at radius 2 is 1.43 bits per heavy atom. The summed E-state index contributed by atoms with van der Waals surface area (Å²) in [6.45, 7) is 15.6. The molecule has 44 heavy (non-hydrogen) atoms. The first-order chi connectivity index (χ1) is 20.1. The number of nitrogens with zero attached hydrogens (tertiary/aromatic N) is 6. The lowest BCUT2D eigenvalue weighted by Gasteiger charge is -2.39. The van der Waals surface area contributed by atoms with Crippen LogP contribution < -0.4 is 21.6 Å². The zero-order chi connectivity index (χ0) is 33.3. The molecule has 0 radical (unpaired) electrons. The Hall–Kier alpha value is -3.70. The van der Waals surface area contributed by atoms with Crippen molar-refractivity contribution in [2.24, 2.45) is 21.1 Å². The smallest absolute Gasteiger partial charge is 0.371 e. The van der Waals surface area contributed by atoms with E-state index in [4.69, 9.17) is 4.98 Å². The largest absolute Gasteiger partial charge is 0.433 e. The van der Waals surface area contributed by atoms with Crippen molar-refractivity contribution < 1.29 is 13.2 Å². The Labute approximate surface area is 255 Å². The summed E-state index contributed by atoms with van der Waals surface area (Å²) in [5.41, 5.74) is -1.49. The standard InChI is InChI=1S/C32H43F3N6O3/c1-17(2)22-24(32(33,34)35)37-21(39(10)27(22)42)16-30(5,6)25-29(44)40(11)26(19(4)36-25)31(7,8)23-20(41-13-12-14-41)15-18(3)38(9)28(23)43/h15,17H,12-14,16H2,1-11H3. The number of halogens is 3. The van der Waals surface area contributed by atoms with Crippen molar-refractivity contribution >= 4 is 5.69 Å². The third-order valence-corrected chi connectivity index (χ3v) is 9.03. The highest BCUT2D eigenvalue weighted by atomic mass is 19.4. The highest BCUT2D eigenvalue weighted by Gasteiger charge is 2.41. The van der Waals surface area contributed by atoms with Crippen LogP contribution in [-0.4, -0.2) is 36.8 Å². The topological polar surface area (TPSA) is 95.0 Å². The molecule has 4 rings (SSSR count). The zero-order valence-corrected chi connectivity index (χ0v) is 27.5. The quantitative estimate of drug-likeness (QED) is 0.391. The molecule has 0 bridgehead atoms. The van der Waals surface area contributed by atoms with Gasteiger partial charge in [-0.1, -0.05) is 27.7 Å². The van der Waals surface area contributed by atoms with Crippen LogP contribution in [0.25, 0.3) is 0 Å². The van der Waals surface area contributed by atoms with Gasteiger partial charge in [0.2, 0.25) is 0 Å². The van der Waals surface area contributed by atoms with Crippen molar-refractivity contribution in [1.29, 1.82) is 0 Å². The van der Waals surface area contributed by atoms with Crippen LogP contribution in [0.5, 0.6) is 0 Å². The summed E-state index contributed by atoms with van der Waals surface area (Å²) in [4.78, 5) is 51.7. The van der Waals surface area contributed by atoms with Gasteiger partial charge in [-0.25, -0.2) is 9.97 Å².